The third-order valence-corrected chi connectivity index (χ3v) is 3.96. The highest BCUT2D eigenvalue weighted by Gasteiger charge is 2.34. The first kappa shape index (κ1) is 18.6. The van der Waals surface area contributed by atoms with E-state index in [9.17, 15) is 22.8 Å². The lowest BCUT2D eigenvalue weighted by Crippen LogP contribution is -2.36. The van der Waals surface area contributed by atoms with Gasteiger partial charge in [0.25, 0.3) is 5.91 Å². The van der Waals surface area contributed by atoms with Crippen molar-refractivity contribution in [3.63, 3.8) is 0 Å². The number of furan rings is 1. The van der Waals surface area contributed by atoms with Gasteiger partial charge in [0.2, 0.25) is 5.91 Å². The molecule has 0 fully saturated rings. The lowest BCUT2D eigenvalue weighted by molar-refractivity contribution is -0.137. The van der Waals surface area contributed by atoms with Gasteiger partial charge < -0.3 is 15.5 Å². The zero-order valence-corrected chi connectivity index (χ0v) is 13.8. The number of primary amides is 1. The molecule has 0 aliphatic rings. The summed E-state index contributed by atoms with van der Waals surface area (Å²) < 4.78 is 43.3. The first-order valence-electron chi connectivity index (χ1n) is 7.31. The quantitative estimate of drug-likeness (QED) is 0.879. The average molecular weight is 354 g/mol. The second-order valence-electron chi connectivity index (χ2n) is 6.13. The van der Waals surface area contributed by atoms with Crippen molar-refractivity contribution in [2.75, 3.05) is 5.32 Å². The number of carbonyl (C=O) groups excluding carboxylic acids is 2. The van der Waals surface area contributed by atoms with Crippen molar-refractivity contribution in [2.45, 2.75) is 32.4 Å². The summed E-state index contributed by atoms with van der Waals surface area (Å²) in [5, 5.41) is 2.49. The number of rotatable bonds is 4. The molecular formula is C17H17F3N2O3. The van der Waals surface area contributed by atoms with Crippen LogP contribution in [0.2, 0.25) is 0 Å². The maximum absolute atomic E-state index is 12.7. The lowest BCUT2D eigenvalue weighted by Gasteiger charge is -2.20. The highest BCUT2D eigenvalue weighted by molar-refractivity contribution is 6.05. The van der Waals surface area contributed by atoms with Gasteiger partial charge in [-0.1, -0.05) is 0 Å². The molecule has 0 aliphatic carbocycles. The van der Waals surface area contributed by atoms with Crippen LogP contribution in [-0.2, 0) is 16.4 Å². The van der Waals surface area contributed by atoms with Crippen molar-refractivity contribution in [1.29, 1.82) is 0 Å². The molecule has 2 amide bonds. The smallest absolute Gasteiger partial charge is 0.416 e. The minimum absolute atomic E-state index is 0.122. The second kappa shape index (κ2) is 6.27. The first-order valence-corrected chi connectivity index (χ1v) is 7.31. The molecule has 0 saturated heterocycles. The van der Waals surface area contributed by atoms with Crippen LogP contribution >= 0.6 is 0 Å². The fourth-order valence-electron chi connectivity index (χ4n) is 2.27. The summed E-state index contributed by atoms with van der Waals surface area (Å²) in [6, 6.07) is 4.43. The third-order valence-electron chi connectivity index (χ3n) is 3.96. The van der Waals surface area contributed by atoms with Gasteiger partial charge in [-0.05, 0) is 50.6 Å². The Morgan fingerprint density at radius 2 is 1.80 bits per heavy atom. The molecule has 8 heteroatoms. The number of anilines is 1. The van der Waals surface area contributed by atoms with E-state index in [1.165, 1.54) is 19.3 Å². The Hall–Kier alpha value is -2.77. The van der Waals surface area contributed by atoms with Crippen LogP contribution in [0.3, 0.4) is 0 Å². The van der Waals surface area contributed by atoms with Gasteiger partial charge in [0.1, 0.15) is 0 Å². The lowest BCUT2D eigenvalue weighted by atomic mass is 9.84. The summed E-state index contributed by atoms with van der Waals surface area (Å²) in [5.74, 6) is -1.45. The predicted octanol–water partition coefficient (Wildman–Crippen LogP) is 3.62. The van der Waals surface area contributed by atoms with E-state index in [2.05, 4.69) is 5.32 Å². The highest BCUT2D eigenvalue weighted by Crippen LogP contribution is 2.32. The molecule has 1 heterocycles. The molecule has 134 valence electrons. The van der Waals surface area contributed by atoms with E-state index in [1.54, 1.807) is 13.8 Å². The van der Waals surface area contributed by atoms with E-state index in [4.69, 9.17) is 10.2 Å². The molecule has 1 aromatic heterocycles. The number of hydrogen-bond donors (Lipinski definition) is 2. The summed E-state index contributed by atoms with van der Waals surface area (Å²) >= 11 is 0. The first-order chi connectivity index (χ1) is 11.4. The predicted molar refractivity (Wildman–Crippen MR) is 85.1 cm³/mol. The number of nitrogens with two attached hydrogens (primary N) is 1. The van der Waals surface area contributed by atoms with Gasteiger partial charge in [0.15, 0.2) is 5.76 Å². The Morgan fingerprint density at radius 3 is 2.32 bits per heavy atom. The van der Waals surface area contributed by atoms with Gasteiger partial charge in [-0.15, -0.1) is 0 Å². The molecule has 25 heavy (non-hydrogen) atoms. The average Bonchev–Trinajstić information content (AvgIpc) is 2.98. The van der Waals surface area contributed by atoms with Gasteiger partial charge in [-0.25, -0.2) is 0 Å². The van der Waals surface area contributed by atoms with Crippen LogP contribution in [0.15, 0.2) is 34.9 Å². The fourth-order valence-corrected chi connectivity index (χ4v) is 2.27. The van der Waals surface area contributed by atoms with E-state index in [1.807, 2.05) is 0 Å². The van der Waals surface area contributed by atoms with Crippen LogP contribution in [0.25, 0.3) is 0 Å². The van der Waals surface area contributed by atoms with Gasteiger partial charge in [-0.3, -0.25) is 9.59 Å². The molecule has 2 aromatic rings. The Morgan fingerprint density at radius 1 is 1.16 bits per heavy atom. The van der Waals surface area contributed by atoms with Gasteiger partial charge in [0.05, 0.1) is 17.2 Å². The molecule has 3 N–H and O–H groups in total. The number of halogens is 3. The number of hydrogen-bond acceptors (Lipinski definition) is 3. The van der Waals surface area contributed by atoms with Crippen LogP contribution in [0.4, 0.5) is 18.9 Å². The van der Waals surface area contributed by atoms with Crippen LogP contribution in [-0.4, -0.2) is 11.8 Å². The number of carbonyl (C=O) groups is 2. The molecule has 0 saturated carbocycles. The fraction of sp³-hybridized carbons (Fsp3) is 0.294. The summed E-state index contributed by atoms with van der Waals surface area (Å²) in [6.07, 6.45) is -3.22. The molecule has 1 aromatic carbocycles. The molecule has 0 bridgehead atoms. The highest BCUT2D eigenvalue weighted by atomic mass is 19.4. The van der Waals surface area contributed by atoms with E-state index in [-0.39, 0.29) is 17.0 Å². The van der Waals surface area contributed by atoms with E-state index >= 15 is 0 Å². The SMILES string of the molecule is Cc1cc(C(F)(F)F)ccc1NC(=O)c1occc1C(C)(C)C(N)=O. The maximum Gasteiger partial charge on any atom is 0.416 e. The topological polar surface area (TPSA) is 85.3 Å². The van der Waals surface area contributed by atoms with Crippen molar-refractivity contribution in [3.8, 4) is 0 Å². The molecule has 0 radical (unpaired) electrons. The monoisotopic (exact) mass is 354 g/mol. The normalized spacial score (nSPS) is 12.1. The van der Waals surface area contributed by atoms with Gasteiger partial charge >= 0.3 is 6.18 Å². The van der Waals surface area contributed by atoms with Crippen molar-refractivity contribution >= 4 is 17.5 Å². The summed E-state index contributed by atoms with van der Waals surface area (Å²) in [5.41, 5.74) is 4.13. The molecule has 2 rings (SSSR count). The molecule has 0 unspecified atom stereocenters. The Labute approximate surface area is 142 Å². The van der Waals surface area contributed by atoms with Crippen molar-refractivity contribution in [3.05, 3.63) is 53.0 Å². The Bertz CT molecular complexity index is 823. The van der Waals surface area contributed by atoms with Gasteiger partial charge in [-0.2, -0.15) is 13.2 Å². The number of aryl methyl sites for hydroxylation is 1. The standard InChI is InChI=1S/C17H17F3N2O3/c1-9-8-10(17(18,19)20)4-5-12(9)22-14(23)13-11(6-7-25-13)16(2,3)15(21)24/h4-8H,1-3H3,(H2,21,24)(H,22,23). The Balaban J connectivity index is 2.31. The third kappa shape index (κ3) is 3.67. The molecule has 0 spiro atoms. The minimum atomic E-state index is -4.47. The zero-order chi connectivity index (χ0) is 19.0. The van der Waals surface area contributed by atoms with Crippen molar-refractivity contribution in [2.24, 2.45) is 5.73 Å². The van der Waals surface area contributed by atoms with Crippen LogP contribution in [0.1, 0.15) is 41.1 Å². The van der Waals surface area contributed by atoms with Crippen LogP contribution in [0, 0.1) is 6.92 Å². The summed E-state index contributed by atoms with van der Waals surface area (Å²) in [4.78, 5) is 24.0. The number of amides is 2. The summed E-state index contributed by atoms with van der Waals surface area (Å²) in [7, 11) is 0. The van der Waals surface area contributed by atoms with E-state index in [0.717, 1.165) is 18.2 Å². The van der Waals surface area contributed by atoms with Crippen molar-refractivity contribution < 1.29 is 27.2 Å². The molecule has 0 aliphatic heterocycles. The number of alkyl halides is 3. The maximum atomic E-state index is 12.7. The number of benzene rings is 1. The second-order valence-corrected chi connectivity index (χ2v) is 6.13. The van der Waals surface area contributed by atoms with E-state index < -0.39 is 29.0 Å². The van der Waals surface area contributed by atoms with E-state index in [0.29, 0.717) is 5.56 Å². The Kier molecular flexibility index (Phi) is 4.66. The molecular weight excluding hydrogens is 337 g/mol. The van der Waals surface area contributed by atoms with Crippen LogP contribution < -0.4 is 11.1 Å². The number of nitrogens with one attached hydrogen (secondary N) is 1. The molecule has 5 nitrogen and oxygen atoms in total. The minimum Gasteiger partial charge on any atom is -0.459 e. The zero-order valence-electron chi connectivity index (χ0n) is 13.8. The van der Waals surface area contributed by atoms with Crippen LogP contribution in [0.5, 0.6) is 0 Å². The largest absolute Gasteiger partial charge is 0.459 e. The van der Waals surface area contributed by atoms with Gasteiger partial charge in [0, 0.05) is 11.3 Å². The van der Waals surface area contributed by atoms with Crippen molar-refractivity contribution in [1.82, 2.24) is 0 Å². The molecule has 0 atom stereocenters. The summed E-state index contributed by atoms with van der Waals surface area (Å²) in [6.45, 7) is 4.53.